The van der Waals surface area contributed by atoms with Crippen molar-refractivity contribution in [1.29, 1.82) is 0 Å². The number of amides is 2. The quantitative estimate of drug-likeness (QED) is 0.403. The molecule has 1 aromatic heterocycles. The van der Waals surface area contributed by atoms with Gasteiger partial charge in [0.25, 0.3) is 5.91 Å². The molecule has 1 atom stereocenters. The molecule has 0 spiro atoms. The number of nitrogens with zero attached hydrogens (tertiary/aromatic N) is 1. The number of carbonyl (C=O) groups excluding carboxylic acids is 2. The molecule has 1 aliphatic carbocycles. The number of methoxy groups -OCH3 is 2. The fourth-order valence-corrected chi connectivity index (χ4v) is 5.05. The maximum Gasteiger partial charge on any atom is 0.262 e. The average Bonchev–Trinajstić information content (AvgIpc) is 3.34. The summed E-state index contributed by atoms with van der Waals surface area (Å²) in [5.74, 6) is 0.805. The van der Waals surface area contributed by atoms with Crippen LogP contribution in [0.1, 0.15) is 71.0 Å². The lowest BCUT2D eigenvalue weighted by molar-refractivity contribution is -0.123. The Morgan fingerprint density at radius 2 is 1.73 bits per heavy atom. The van der Waals surface area contributed by atoms with Gasteiger partial charge in [0, 0.05) is 17.3 Å². The number of nitrogens with one attached hydrogen (secondary N) is 1. The third-order valence-corrected chi connectivity index (χ3v) is 7.26. The molecule has 1 heterocycles. The molecule has 0 bridgehead atoms. The lowest BCUT2D eigenvalue weighted by Gasteiger charge is -2.34. The summed E-state index contributed by atoms with van der Waals surface area (Å²) in [6.45, 7) is 5.76. The van der Waals surface area contributed by atoms with Crippen molar-refractivity contribution in [3.8, 4) is 11.5 Å². The summed E-state index contributed by atoms with van der Waals surface area (Å²) in [6, 6.07) is 11.9. The molecule has 4 rings (SSSR count). The molecule has 1 fully saturated rings. The minimum absolute atomic E-state index is 0.0627. The highest BCUT2D eigenvalue weighted by molar-refractivity contribution is 6.10. The lowest BCUT2D eigenvalue weighted by Crippen LogP contribution is -2.47. The predicted octanol–water partition coefficient (Wildman–Crippen LogP) is 6.06. The number of aryl methyl sites for hydroxylation is 3. The molecule has 196 valence electrons. The largest absolute Gasteiger partial charge is 0.493 e. The van der Waals surface area contributed by atoms with Crippen molar-refractivity contribution < 1.29 is 23.5 Å². The van der Waals surface area contributed by atoms with Crippen LogP contribution in [0.5, 0.6) is 11.5 Å². The standard InChI is InChI=1S/C30H36N2O5/c1-19-14-15-23(18-20(19)2)32(30(34)24-16-17-37-21(24)3)27(29(33)31-22-10-7-6-8-11-22)25-12-9-13-26(35-4)28(25)36-5/h9,12-18,22,27H,6-8,10-11H2,1-5H3,(H,31,33)/t27-/m0/s1. The van der Waals surface area contributed by atoms with Gasteiger partial charge in [-0.25, -0.2) is 0 Å². The topological polar surface area (TPSA) is 81.0 Å². The van der Waals surface area contributed by atoms with Crippen molar-refractivity contribution in [3.05, 3.63) is 76.7 Å². The number of ether oxygens (including phenoxy) is 2. The Balaban J connectivity index is 1.91. The van der Waals surface area contributed by atoms with Crippen LogP contribution in [0.15, 0.2) is 53.1 Å². The summed E-state index contributed by atoms with van der Waals surface area (Å²) in [4.78, 5) is 29.9. The normalized spacial score (nSPS) is 14.6. The van der Waals surface area contributed by atoms with Gasteiger partial charge in [-0.05, 0) is 69.0 Å². The molecule has 0 aliphatic heterocycles. The highest BCUT2D eigenvalue weighted by Crippen LogP contribution is 2.40. The molecule has 1 aliphatic rings. The number of hydrogen-bond donors (Lipinski definition) is 1. The number of furan rings is 1. The van der Waals surface area contributed by atoms with Crippen LogP contribution in [0.4, 0.5) is 5.69 Å². The fraction of sp³-hybridized carbons (Fsp3) is 0.400. The molecular weight excluding hydrogens is 468 g/mol. The SMILES string of the molecule is COc1cccc([C@@H](C(=O)NC2CCCCC2)N(C(=O)c2ccoc2C)c2ccc(C)c(C)c2)c1OC. The Hall–Kier alpha value is -3.74. The van der Waals surface area contributed by atoms with Crippen molar-refractivity contribution in [2.75, 3.05) is 19.1 Å². The maximum atomic E-state index is 14.2. The van der Waals surface area contributed by atoms with E-state index in [1.54, 1.807) is 38.2 Å². The number of hydrogen-bond acceptors (Lipinski definition) is 5. The van der Waals surface area contributed by atoms with Gasteiger partial charge in [-0.2, -0.15) is 0 Å². The van der Waals surface area contributed by atoms with Crippen LogP contribution in [-0.4, -0.2) is 32.1 Å². The molecule has 1 saturated carbocycles. The van der Waals surface area contributed by atoms with Crippen LogP contribution < -0.4 is 19.7 Å². The first-order valence-electron chi connectivity index (χ1n) is 12.8. The van der Waals surface area contributed by atoms with Crippen LogP contribution in [-0.2, 0) is 4.79 Å². The Morgan fingerprint density at radius 1 is 0.973 bits per heavy atom. The highest BCUT2D eigenvalue weighted by atomic mass is 16.5. The van der Waals surface area contributed by atoms with Crippen LogP contribution in [0.3, 0.4) is 0 Å². The van der Waals surface area contributed by atoms with Gasteiger partial charge in [0.15, 0.2) is 11.5 Å². The van der Waals surface area contributed by atoms with E-state index in [0.717, 1.165) is 36.8 Å². The number of benzene rings is 2. The zero-order valence-electron chi connectivity index (χ0n) is 22.3. The summed E-state index contributed by atoms with van der Waals surface area (Å²) in [5.41, 5.74) is 3.67. The number of carbonyl (C=O) groups is 2. The summed E-state index contributed by atoms with van der Waals surface area (Å²) >= 11 is 0. The van der Waals surface area contributed by atoms with E-state index in [1.807, 2.05) is 44.2 Å². The van der Waals surface area contributed by atoms with Crippen LogP contribution in [0, 0.1) is 20.8 Å². The van der Waals surface area contributed by atoms with Gasteiger partial charge in [-0.3, -0.25) is 14.5 Å². The van der Waals surface area contributed by atoms with Gasteiger partial charge < -0.3 is 19.2 Å². The fourth-order valence-electron chi connectivity index (χ4n) is 5.05. The van der Waals surface area contributed by atoms with Gasteiger partial charge in [-0.15, -0.1) is 0 Å². The molecule has 3 aromatic rings. The first kappa shape index (κ1) is 26.3. The van der Waals surface area contributed by atoms with Gasteiger partial charge in [0.2, 0.25) is 5.91 Å². The zero-order chi connectivity index (χ0) is 26.5. The van der Waals surface area contributed by atoms with Crippen molar-refractivity contribution >= 4 is 17.5 Å². The Labute approximate surface area is 218 Å². The zero-order valence-corrected chi connectivity index (χ0v) is 22.3. The van der Waals surface area contributed by atoms with E-state index in [9.17, 15) is 9.59 Å². The van der Waals surface area contributed by atoms with Crippen molar-refractivity contribution in [2.45, 2.75) is 65.0 Å². The minimum atomic E-state index is -1.00. The third kappa shape index (κ3) is 5.50. The van der Waals surface area contributed by atoms with E-state index in [2.05, 4.69) is 5.32 Å². The lowest BCUT2D eigenvalue weighted by atomic mass is 9.94. The molecule has 0 radical (unpaired) electrons. The predicted molar refractivity (Wildman–Crippen MR) is 143 cm³/mol. The molecular formula is C30H36N2O5. The molecule has 2 aromatic carbocycles. The monoisotopic (exact) mass is 504 g/mol. The number of para-hydroxylation sites is 1. The Morgan fingerprint density at radius 3 is 2.35 bits per heavy atom. The molecule has 0 saturated heterocycles. The Bertz CT molecular complexity index is 1260. The first-order chi connectivity index (χ1) is 17.8. The highest BCUT2D eigenvalue weighted by Gasteiger charge is 2.38. The van der Waals surface area contributed by atoms with E-state index < -0.39 is 6.04 Å². The van der Waals surface area contributed by atoms with Crippen LogP contribution in [0.25, 0.3) is 0 Å². The molecule has 2 amide bonds. The molecule has 7 nitrogen and oxygen atoms in total. The van der Waals surface area contributed by atoms with Gasteiger partial charge in [0.1, 0.15) is 11.8 Å². The van der Waals surface area contributed by atoms with Gasteiger partial charge in [0.05, 0.1) is 26.0 Å². The van der Waals surface area contributed by atoms with E-state index in [1.165, 1.54) is 12.7 Å². The summed E-state index contributed by atoms with van der Waals surface area (Å²) in [5, 5.41) is 3.24. The first-order valence-corrected chi connectivity index (χ1v) is 12.8. The van der Waals surface area contributed by atoms with E-state index in [-0.39, 0.29) is 17.9 Å². The molecule has 1 N–H and O–H groups in total. The van der Waals surface area contributed by atoms with E-state index >= 15 is 0 Å². The van der Waals surface area contributed by atoms with Gasteiger partial charge in [-0.1, -0.05) is 37.5 Å². The van der Waals surface area contributed by atoms with Crippen molar-refractivity contribution in [3.63, 3.8) is 0 Å². The summed E-state index contributed by atoms with van der Waals surface area (Å²) in [6.07, 6.45) is 6.66. The molecule has 37 heavy (non-hydrogen) atoms. The number of rotatable bonds is 8. The second-order valence-corrected chi connectivity index (χ2v) is 9.66. The maximum absolute atomic E-state index is 14.2. The minimum Gasteiger partial charge on any atom is -0.493 e. The molecule has 0 unspecified atom stereocenters. The molecule has 7 heteroatoms. The number of anilines is 1. The van der Waals surface area contributed by atoms with Gasteiger partial charge >= 0.3 is 0 Å². The Kier molecular flexibility index (Phi) is 8.21. The second-order valence-electron chi connectivity index (χ2n) is 9.66. The third-order valence-electron chi connectivity index (χ3n) is 7.26. The van der Waals surface area contributed by atoms with Crippen LogP contribution >= 0.6 is 0 Å². The van der Waals surface area contributed by atoms with E-state index in [0.29, 0.717) is 34.1 Å². The smallest absolute Gasteiger partial charge is 0.262 e. The van der Waals surface area contributed by atoms with E-state index in [4.69, 9.17) is 13.9 Å². The van der Waals surface area contributed by atoms with Crippen molar-refractivity contribution in [1.82, 2.24) is 5.32 Å². The summed E-state index contributed by atoms with van der Waals surface area (Å²) < 4.78 is 16.8. The second kappa shape index (κ2) is 11.5. The average molecular weight is 505 g/mol. The van der Waals surface area contributed by atoms with Crippen molar-refractivity contribution in [2.24, 2.45) is 0 Å². The van der Waals surface area contributed by atoms with Crippen LogP contribution in [0.2, 0.25) is 0 Å². The summed E-state index contributed by atoms with van der Waals surface area (Å²) in [7, 11) is 3.10.